The zero-order valence-electron chi connectivity index (χ0n) is 26.1. The van der Waals surface area contributed by atoms with Gasteiger partial charge in [0, 0.05) is 37.2 Å². The van der Waals surface area contributed by atoms with E-state index in [4.69, 9.17) is 0 Å². The van der Waals surface area contributed by atoms with Gasteiger partial charge < -0.3 is 4.90 Å². The van der Waals surface area contributed by atoms with Crippen LogP contribution < -0.4 is 4.90 Å². The van der Waals surface area contributed by atoms with E-state index in [1.165, 1.54) is 74.4 Å². The summed E-state index contributed by atoms with van der Waals surface area (Å²) in [4.78, 5) is 2.38. The van der Waals surface area contributed by atoms with Crippen LogP contribution in [0.1, 0.15) is 0 Å². The largest absolute Gasteiger partial charge is 0.310 e. The highest BCUT2D eigenvalue weighted by molar-refractivity contribution is 7.26. The fraction of sp³-hybridized carbons (Fsp3) is 0. The Morgan fingerprint density at radius 2 is 0.896 bits per heavy atom. The predicted molar refractivity (Wildman–Crippen MR) is 209 cm³/mol. The Bertz CT molecular complexity index is 2830. The molecule has 0 amide bonds. The zero-order chi connectivity index (χ0) is 31.6. The molecule has 48 heavy (non-hydrogen) atoms. The number of nitrogens with zero attached hydrogens (tertiary/aromatic N) is 1. The van der Waals surface area contributed by atoms with Crippen LogP contribution in [0.4, 0.5) is 17.1 Å². The van der Waals surface area contributed by atoms with Gasteiger partial charge in [-0.05, 0) is 109 Å². The molecule has 9 aromatic carbocycles. The van der Waals surface area contributed by atoms with E-state index in [1.54, 1.807) is 0 Å². The number of hydrogen-bond acceptors (Lipinski definition) is 2. The first-order valence-electron chi connectivity index (χ1n) is 16.4. The summed E-state index contributed by atoms with van der Waals surface area (Å²) < 4.78 is 2.64. The highest BCUT2D eigenvalue weighted by Gasteiger charge is 2.17. The molecule has 0 aliphatic heterocycles. The zero-order valence-corrected chi connectivity index (χ0v) is 26.9. The Balaban J connectivity index is 1.14. The summed E-state index contributed by atoms with van der Waals surface area (Å²) in [7, 11) is 0. The van der Waals surface area contributed by atoms with Gasteiger partial charge in [0.25, 0.3) is 0 Å². The molecule has 0 spiro atoms. The fourth-order valence-electron chi connectivity index (χ4n) is 7.61. The van der Waals surface area contributed by atoms with Gasteiger partial charge in [0.2, 0.25) is 0 Å². The van der Waals surface area contributed by atoms with E-state index in [0.29, 0.717) is 0 Å². The maximum Gasteiger partial charge on any atom is 0.0468 e. The third kappa shape index (κ3) is 4.24. The Morgan fingerprint density at radius 3 is 1.67 bits per heavy atom. The summed E-state index contributed by atoms with van der Waals surface area (Å²) in [6, 6.07) is 64.4. The molecule has 224 valence electrons. The molecule has 0 aliphatic rings. The van der Waals surface area contributed by atoms with Crippen molar-refractivity contribution in [3.05, 3.63) is 176 Å². The molecule has 0 radical (unpaired) electrons. The molecule has 1 aromatic heterocycles. The highest BCUT2D eigenvalue weighted by atomic mass is 32.1. The lowest BCUT2D eigenvalue weighted by Gasteiger charge is -2.26. The number of thiophene rings is 1. The lowest BCUT2D eigenvalue weighted by atomic mass is 9.91. The fourth-order valence-corrected chi connectivity index (χ4v) is 8.71. The summed E-state index contributed by atoms with van der Waals surface area (Å²) in [5.41, 5.74) is 5.88. The molecular weight excluding hydrogens is 599 g/mol. The average molecular weight is 628 g/mol. The van der Waals surface area contributed by atoms with Crippen molar-refractivity contribution in [2.24, 2.45) is 0 Å². The highest BCUT2D eigenvalue weighted by Crippen LogP contribution is 2.44. The molecule has 1 heterocycles. The second kappa shape index (κ2) is 10.8. The molecule has 0 bridgehead atoms. The molecule has 0 N–H and O–H groups in total. The molecule has 1 nitrogen and oxygen atoms in total. The summed E-state index contributed by atoms with van der Waals surface area (Å²) in [6.07, 6.45) is 0. The van der Waals surface area contributed by atoms with Gasteiger partial charge in [-0.15, -0.1) is 11.3 Å². The maximum atomic E-state index is 2.38. The number of fused-ring (bicyclic) bond motifs is 10. The lowest BCUT2D eigenvalue weighted by Crippen LogP contribution is -2.09. The van der Waals surface area contributed by atoms with Crippen molar-refractivity contribution < 1.29 is 0 Å². The molecule has 0 atom stereocenters. The minimum atomic E-state index is 1.13. The van der Waals surface area contributed by atoms with E-state index in [9.17, 15) is 0 Å². The van der Waals surface area contributed by atoms with Gasteiger partial charge in [-0.1, -0.05) is 121 Å². The Hall–Kier alpha value is -5.96. The smallest absolute Gasteiger partial charge is 0.0468 e. The molecule has 0 saturated heterocycles. The van der Waals surface area contributed by atoms with E-state index >= 15 is 0 Å². The average Bonchev–Trinajstić information content (AvgIpc) is 3.54. The van der Waals surface area contributed by atoms with Crippen LogP contribution in [-0.4, -0.2) is 0 Å². The first-order valence-corrected chi connectivity index (χ1v) is 17.2. The summed E-state index contributed by atoms with van der Waals surface area (Å²) in [6.45, 7) is 0. The number of benzene rings is 9. The van der Waals surface area contributed by atoms with Gasteiger partial charge in [-0.25, -0.2) is 0 Å². The normalized spacial score (nSPS) is 11.8. The predicted octanol–water partition coefficient (Wildman–Crippen LogP) is 13.8. The number of para-hydroxylation sites is 1. The minimum absolute atomic E-state index is 1.13. The van der Waals surface area contributed by atoms with Gasteiger partial charge in [0.15, 0.2) is 0 Å². The van der Waals surface area contributed by atoms with E-state index in [0.717, 1.165) is 17.1 Å². The topological polar surface area (TPSA) is 3.24 Å². The van der Waals surface area contributed by atoms with Gasteiger partial charge in [-0.3, -0.25) is 0 Å². The molecule has 0 aliphatic carbocycles. The van der Waals surface area contributed by atoms with Crippen molar-refractivity contribution in [1.29, 1.82) is 0 Å². The standard InChI is InChI=1S/C46H29NS/c1-2-12-34(13-3-1)47(36-25-27-43-42(29-36)46-38-15-7-5-11-31(38)22-26-44(46)48-43)35-23-20-32(21-24-35)41-28-33-19-18-30-10-4-6-14-37(30)45(33)40-17-9-8-16-39(40)41/h1-29H. The van der Waals surface area contributed by atoms with Crippen LogP contribution in [0.5, 0.6) is 0 Å². The molecule has 10 rings (SSSR count). The van der Waals surface area contributed by atoms with Gasteiger partial charge >= 0.3 is 0 Å². The van der Waals surface area contributed by atoms with Gasteiger partial charge in [0.05, 0.1) is 0 Å². The molecule has 10 aromatic rings. The SMILES string of the molecule is c1ccc(N(c2ccc(-c3cc4ccc5ccccc5c4c4ccccc34)cc2)c2ccc3sc4ccc5ccccc5c4c3c2)cc1. The van der Waals surface area contributed by atoms with Crippen molar-refractivity contribution in [3.63, 3.8) is 0 Å². The van der Waals surface area contributed by atoms with Crippen LogP contribution in [0.2, 0.25) is 0 Å². The quantitative estimate of drug-likeness (QED) is 0.176. The first kappa shape index (κ1) is 27.2. The van der Waals surface area contributed by atoms with Crippen molar-refractivity contribution in [2.75, 3.05) is 4.90 Å². The number of anilines is 3. The monoisotopic (exact) mass is 627 g/mol. The van der Waals surface area contributed by atoms with E-state index < -0.39 is 0 Å². The first-order chi connectivity index (χ1) is 23.8. The summed E-state index contributed by atoms with van der Waals surface area (Å²) in [5.74, 6) is 0. The summed E-state index contributed by atoms with van der Waals surface area (Å²) in [5, 5.41) is 13.0. The molecular formula is C46H29NS. The van der Waals surface area contributed by atoms with Crippen molar-refractivity contribution >= 4 is 91.7 Å². The van der Waals surface area contributed by atoms with Crippen molar-refractivity contribution in [3.8, 4) is 11.1 Å². The van der Waals surface area contributed by atoms with Crippen LogP contribution in [-0.2, 0) is 0 Å². The van der Waals surface area contributed by atoms with Crippen LogP contribution in [0, 0.1) is 0 Å². The van der Waals surface area contributed by atoms with Crippen LogP contribution >= 0.6 is 11.3 Å². The van der Waals surface area contributed by atoms with Gasteiger partial charge in [-0.2, -0.15) is 0 Å². The van der Waals surface area contributed by atoms with Crippen LogP contribution in [0.15, 0.2) is 176 Å². The number of hydrogen-bond donors (Lipinski definition) is 0. The van der Waals surface area contributed by atoms with Crippen LogP contribution in [0.25, 0.3) is 74.4 Å². The minimum Gasteiger partial charge on any atom is -0.310 e. The number of rotatable bonds is 4. The molecule has 0 saturated carbocycles. The maximum absolute atomic E-state index is 2.38. The second-order valence-electron chi connectivity index (χ2n) is 12.5. The Morgan fingerprint density at radius 1 is 0.333 bits per heavy atom. The second-order valence-corrected chi connectivity index (χ2v) is 13.6. The lowest BCUT2D eigenvalue weighted by molar-refractivity contribution is 1.29. The van der Waals surface area contributed by atoms with Gasteiger partial charge in [0.1, 0.15) is 0 Å². The Kier molecular flexibility index (Phi) is 6.12. The molecule has 2 heteroatoms. The molecule has 0 fully saturated rings. The Labute approximate surface area is 282 Å². The third-order valence-corrected chi connectivity index (χ3v) is 10.9. The van der Waals surface area contributed by atoms with E-state index in [-0.39, 0.29) is 0 Å². The van der Waals surface area contributed by atoms with Crippen molar-refractivity contribution in [2.45, 2.75) is 0 Å². The molecule has 0 unspecified atom stereocenters. The van der Waals surface area contributed by atoms with Crippen LogP contribution in [0.3, 0.4) is 0 Å². The van der Waals surface area contributed by atoms with E-state index in [1.807, 2.05) is 11.3 Å². The van der Waals surface area contributed by atoms with Crippen molar-refractivity contribution in [1.82, 2.24) is 0 Å². The van der Waals surface area contributed by atoms with E-state index in [2.05, 4.69) is 181 Å². The summed E-state index contributed by atoms with van der Waals surface area (Å²) >= 11 is 1.87. The third-order valence-electron chi connectivity index (χ3n) is 9.80.